The highest BCUT2D eigenvalue weighted by atomic mass is 32.2. The Morgan fingerprint density at radius 1 is 1.45 bits per heavy atom. The number of nitrogens with zero attached hydrogens (tertiary/aromatic N) is 2. The number of nitrogens with one attached hydrogen (secondary N) is 1. The average Bonchev–Trinajstić information content (AvgIpc) is 2.89. The van der Waals surface area contributed by atoms with Gasteiger partial charge in [0.15, 0.2) is 13.1 Å². The number of hydrogen-bond acceptors (Lipinski definition) is 2. The molecule has 2 atom stereocenters. The van der Waals surface area contributed by atoms with Crippen molar-refractivity contribution in [3.05, 3.63) is 11.0 Å². The van der Waals surface area contributed by atoms with Crippen LogP contribution in [0, 0.1) is 5.41 Å². The van der Waals surface area contributed by atoms with Crippen LogP contribution in [-0.4, -0.2) is 48.9 Å². The Balaban J connectivity index is 1.80. The maximum atomic E-state index is 4.77. The molecular formula is C16H32N3S+. The first-order chi connectivity index (χ1) is 9.58. The normalized spacial score (nSPS) is 28.0. The van der Waals surface area contributed by atoms with Gasteiger partial charge in [0.1, 0.15) is 6.54 Å². The molecule has 0 fully saturated rings. The highest BCUT2D eigenvalue weighted by Gasteiger charge is 2.38. The van der Waals surface area contributed by atoms with Crippen molar-refractivity contribution in [2.24, 2.45) is 10.5 Å². The van der Waals surface area contributed by atoms with Crippen LogP contribution in [0.25, 0.3) is 0 Å². The second kappa shape index (κ2) is 7.08. The van der Waals surface area contributed by atoms with Crippen LogP contribution in [0.5, 0.6) is 0 Å². The summed E-state index contributed by atoms with van der Waals surface area (Å²) in [7, 11) is 0.0386. The zero-order valence-corrected chi connectivity index (χ0v) is 14.5. The topological polar surface area (TPSA) is 27.4 Å². The Labute approximate surface area is 127 Å². The van der Waals surface area contributed by atoms with Gasteiger partial charge in [0, 0.05) is 18.3 Å². The molecule has 2 aliphatic heterocycles. The van der Waals surface area contributed by atoms with Crippen molar-refractivity contribution in [1.82, 2.24) is 5.32 Å². The summed E-state index contributed by atoms with van der Waals surface area (Å²) in [6.07, 6.45) is 8.64. The molecule has 0 aromatic heterocycles. The summed E-state index contributed by atoms with van der Waals surface area (Å²) in [4.78, 5) is 1.71. The summed E-state index contributed by atoms with van der Waals surface area (Å²) < 4.78 is 2.36. The van der Waals surface area contributed by atoms with E-state index in [0.717, 1.165) is 19.6 Å². The first-order valence-electron chi connectivity index (χ1n) is 8.14. The number of thiol groups is 1. The zero-order valence-electron chi connectivity index (χ0n) is 13.7. The molecule has 0 radical (unpaired) electrons. The highest BCUT2D eigenvalue weighted by molar-refractivity contribution is 8.19. The number of rotatable bonds is 6. The molecule has 20 heavy (non-hydrogen) atoms. The SMILES string of the molecule is CCC1(CC)CN=[N+](CC[SH](C)C2=CCNC(C)C2)C1. The van der Waals surface area contributed by atoms with Crippen LogP contribution < -0.4 is 5.32 Å². The summed E-state index contributed by atoms with van der Waals surface area (Å²) in [5.41, 5.74) is 0.471. The third kappa shape index (κ3) is 3.85. The van der Waals surface area contributed by atoms with Crippen LogP contribution in [0.15, 0.2) is 16.1 Å². The van der Waals surface area contributed by atoms with Crippen LogP contribution in [0.1, 0.15) is 40.0 Å². The minimum Gasteiger partial charge on any atom is -0.310 e. The molecule has 2 heterocycles. The third-order valence-electron chi connectivity index (χ3n) is 5.13. The van der Waals surface area contributed by atoms with Crippen molar-refractivity contribution >= 4 is 10.9 Å². The van der Waals surface area contributed by atoms with Gasteiger partial charge in [0.2, 0.25) is 0 Å². The molecule has 0 spiro atoms. The molecule has 0 aliphatic carbocycles. The van der Waals surface area contributed by atoms with E-state index in [1.807, 2.05) is 0 Å². The predicted molar refractivity (Wildman–Crippen MR) is 90.2 cm³/mol. The molecular weight excluding hydrogens is 266 g/mol. The summed E-state index contributed by atoms with van der Waals surface area (Å²) in [5, 5.41) is 8.27. The first kappa shape index (κ1) is 16.0. The molecule has 2 rings (SSSR count). The van der Waals surface area contributed by atoms with Crippen LogP contribution in [0.3, 0.4) is 0 Å². The summed E-state index contributed by atoms with van der Waals surface area (Å²) in [6.45, 7) is 11.4. The molecule has 0 aromatic rings. The van der Waals surface area contributed by atoms with E-state index < -0.39 is 0 Å². The predicted octanol–water partition coefficient (Wildman–Crippen LogP) is 3.17. The van der Waals surface area contributed by atoms with Gasteiger partial charge in [0.25, 0.3) is 0 Å². The van der Waals surface area contributed by atoms with E-state index in [9.17, 15) is 0 Å². The smallest absolute Gasteiger partial charge is 0.175 e. The van der Waals surface area contributed by atoms with Crippen molar-refractivity contribution in [2.75, 3.05) is 38.2 Å². The van der Waals surface area contributed by atoms with Crippen molar-refractivity contribution in [3.63, 3.8) is 0 Å². The second-order valence-electron chi connectivity index (χ2n) is 6.53. The Morgan fingerprint density at radius 2 is 2.20 bits per heavy atom. The molecule has 0 saturated heterocycles. The summed E-state index contributed by atoms with van der Waals surface area (Å²) >= 11 is 0. The van der Waals surface area contributed by atoms with Crippen molar-refractivity contribution < 1.29 is 4.70 Å². The molecule has 4 heteroatoms. The fourth-order valence-electron chi connectivity index (χ4n) is 3.15. The maximum Gasteiger partial charge on any atom is 0.175 e. The molecule has 116 valence electrons. The van der Waals surface area contributed by atoms with Crippen LogP contribution in [0.2, 0.25) is 0 Å². The lowest BCUT2D eigenvalue weighted by molar-refractivity contribution is -0.583. The molecule has 0 amide bonds. The zero-order chi connectivity index (χ0) is 14.6. The molecule has 2 aliphatic rings. The maximum absolute atomic E-state index is 4.77. The highest BCUT2D eigenvalue weighted by Crippen LogP contribution is 2.36. The second-order valence-corrected chi connectivity index (χ2v) is 8.94. The van der Waals surface area contributed by atoms with Crippen LogP contribution in [0.4, 0.5) is 0 Å². The van der Waals surface area contributed by atoms with Gasteiger partial charge in [-0.05, 0) is 42.5 Å². The van der Waals surface area contributed by atoms with E-state index >= 15 is 0 Å². The van der Waals surface area contributed by atoms with Gasteiger partial charge in [-0.1, -0.05) is 19.9 Å². The van der Waals surface area contributed by atoms with E-state index in [4.69, 9.17) is 5.11 Å². The van der Waals surface area contributed by atoms with E-state index in [-0.39, 0.29) is 10.9 Å². The van der Waals surface area contributed by atoms with E-state index in [2.05, 4.69) is 43.1 Å². The quantitative estimate of drug-likeness (QED) is 0.572. The van der Waals surface area contributed by atoms with Crippen molar-refractivity contribution in [3.8, 4) is 0 Å². The largest absolute Gasteiger partial charge is 0.310 e. The monoisotopic (exact) mass is 298 g/mol. The van der Waals surface area contributed by atoms with Crippen molar-refractivity contribution in [1.29, 1.82) is 0 Å². The number of hydrogen-bond donors (Lipinski definition) is 2. The Bertz CT molecular complexity index is 385. The molecule has 0 saturated carbocycles. The Hall–Kier alpha value is -0.350. The van der Waals surface area contributed by atoms with Gasteiger partial charge in [0.05, 0.1) is 5.41 Å². The minimum atomic E-state index is 0.0386. The lowest BCUT2D eigenvalue weighted by Crippen LogP contribution is -2.31. The molecule has 2 unspecified atom stereocenters. The van der Waals surface area contributed by atoms with Gasteiger partial charge in [-0.2, -0.15) is 0 Å². The summed E-state index contributed by atoms with van der Waals surface area (Å²) in [5.74, 6) is 1.31. The van der Waals surface area contributed by atoms with Crippen molar-refractivity contribution in [2.45, 2.75) is 46.1 Å². The Kier molecular flexibility index (Phi) is 5.67. The molecule has 1 N–H and O–H groups in total. The standard InChI is InChI=1S/C16H32N3S/c1-5-16(6-2)12-18-19(13-16)9-10-20(4)15-7-8-17-14(3)11-15/h7,14,17,20H,5-6,8-13H2,1-4H3/q+1. The third-order valence-corrected chi connectivity index (χ3v) is 7.34. The molecule has 3 nitrogen and oxygen atoms in total. The van der Waals surface area contributed by atoms with Gasteiger partial charge >= 0.3 is 0 Å². The fourth-order valence-corrected chi connectivity index (χ4v) is 4.96. The van der Waals surface area contributed by atoms with E-state index in [1.54, 1.807) is 4.91 Å². The van der Waals surface area contributed by atoms with Gasteiger partial charge in [-0.3, -0.25) is 0 Å². The molecule has 0 aromatic carbocycles. The minimum absolute atomic E-state index is 0.0386. The lowest BCUT2D eigenvalue weighted by Gasteiger charge is -2.26. The lowest BCUT2D eigenvalue weighted by atomic mass is 9.83. The Morgan fingerprint density at radius 3 is 2.80 bits per heavy atom. The van der Waals surface area contributed by atoms with Crippen LogP contribution >= 0.6 is 10.9 Å². The van der Waals surface area contributed by atoms with E-state index in [1.165, 1.54) is 31.6 Å². The number of azo groups is 2. The average molecular weight is 299 g/mol. The summed E-state index contributed by atoms with van der Waals surface area (Å²) in [6, 6.07) is 0.657. The van der Waals surface area contributed by atoms with Gasteiger partial charge in [-0.25, -0.2) is 10.9 Å². The van der Waals surface area contributed by atoms with Gasteiger partial charge in [-0.15, -0.1) is 4.70 Å². The molecule has 0 bridgehead atoms. The first-order valence-corrected chi connectivity index (χ1v) is 10.1. The fraction of sp³-hybridized carbons (Fsp3) is 0.875. The van der Waals surface area contributed by atoms with E-state index in [0.29, 0.717) is 11.5 Å². The van der Waals surface area contributed by atoms with Gasteiger partial charge < -0.3 is 5.32 Å². The van der Waals surface area contributed by atoms with Crippen LogP contribution in [-0.2, 0) is 0 Å².